The topological polar surface area (TPSA) is 75.5 Å². The van der Waals surface area contributed by atoms with E-state index in [4.69, 9.17) is 0 Å². The zero-order chi connectivity index (χ0) is 15.4. The summed E-state index contributed by atoms with van der Waals surface area (Å²) in [5.74, 6) is -1.38. The van der Waals surface area contributed by atoms with Gasteiger partial charge in [-0.3, -0.25) is 14.9 Å². The van der Waals surface area contributed by atoms with Gasteiger partial charge in [0, 0.05) is 24.7 Å². The number of nitrogens with zero attached hydrogens (tertiary/aromatic N) is 2. The first kappa shape index (κ1) is 16.0. The molecule has 110 valence electrons. The van der Waals surface area contributed by atoms with Crippen LogP contribution in [-0.4, -0.2) is 42.4 Å². The highest BCUT2D eigenvalue weighted by Crippen LogP contribution is 2.20. The fourth-order valence-electron chi connectivity index (χ4n) is 1.54. The van der Waals surface area contributed by atoms with Crippen molar-refractivity contribution in [2.24, 2.45) is 0 Å². The number of hydrogen-bond acceptors (Lipinski definition) is 4. The molecule has 1 unspecified atom stereocenters. The van der Waals surface area contributed by atoms with Crippen molar-refractivity contribution in [3.63, 3.8) is 0 Å². The largest absolute Gasteiger partial charge is 0.350 e. The highest BCUT2D eigenvalue weighted by Gasteiger charge is 2.20. The first-order valence-electron chi connectivity index (χ1n) is 6.13. The number of hydrogen-bond donors (Lipinski definition) is 1. The Hall–Kier alpha value is -2.02. The normalized spacial score (nSPS) is 12.3. The summed E-state index contributed by atoms with van der Waals surface area (Å²) in [6.45, 7) is 3.61. The van der Waals surface area contributed by atoms with E-state index < -0.39 is 16.6 Å². The number of non-ortho nitro benzene ring substituents is 1. The van der Waals surface area contributed by atoms with Crippen molar-refractivity contribution in [2.45, 2.75) is 19.9 Å². The molecule has 6 nitrogen and oxygen atoms in total. The van der Waals surface area contributed by atoms with E-state index in [1.54, 1.807) is 0 Å². The number of nitrogens with one attached hydrogen (secondary N) is 1. The summed E-state index contributed by atoms with van der Waals surface area (Å²) in [4.78, 5) is 23.9. The van der Waals surface area contributed by atoms with E-state index in [2.05, 4.69) is 5.32 Å². The lowest BCUT2D eigenvalue weighted by atomic mass is 10.1. The highest BCUT2D eigenvalue weighted by molar-refractivity contribution is 5.95. The molecule has 1 amide bonds. The van der Waals surface area contributed by atoms with Crippen LogP contribution >= 0.6 is 0 Å². The molecule has 20 heavy (non-hydrogen) atoms. The van der Waals surface area contributed by atoms with Crippen molar-refractivity contribution >= 4 is 11.6 Å². The van der Waals surface area contributed by atoms with E-state index in [1.165, 1.54) is 6.92 Å². The van der Waals surface area contributed by atoms with Gasteiger partial charge in [0.2, 0.25) is 0 Å². The Labute approximate surface area is 116 Å². The number of amides is 1. The van der Waals surface area contributed by atoms with E-state index in [-0.39, 0.29) is 22.9 Å². The van der Waals surface area contributed by atoms with Gasteiger partial charge in [-0.2, -0.15) is 0 Å². The van der Waals surface area contributed by atoms with Crippen molar-refractivity contribution in [3.8, 4) is 0 Å². The number of halogens is 1. The third-order valence-electron chi connectivity index (χ3n) is 3.13. The molecule has 0 saturated heterocycles. The zero-order valence-electron chi connectivity index (χ0n) is 11.9. The Bertz CT molecular complexity index is 532. The molecule has 1 aromatic rings. The monoisotopic (exact) mass is 283 g/mol. The maximum atomic E-state index is 13.9. The maximum absolute atomic E-state index is 13.9. The summed E-state index contributed by atoms with van der Waals surface area (Å²) >= 11 is 0. The number of carbonyl (C=O) groups excluding carboxylic acids is 1. The second-order valence-electron chi connectivity index (χ2n) is 4.90. The number of benzene rings is 1. The fourth-order valence-corrected chi connectivity index (χ4v) is 1.54. The van der Waals surface area contributed by atoms with Crippen LogP contribution in [0.1, 0.15) is 22.8 Å². The minimum absolute atomic E-state index is 0.0711. The Kier molecular flexibility index (Phi) is 5.15. The number of likely N-dealkylation sites (N-methyl/N-ethyl adjacent to an activating group) is 1. The van der Waals surface area contributed by atoms with Crippen LogP contribution in [0, 0.1) is 22.9 Å². The first-order valence-corrected chi connectivity index (χ1v) is 6.13. The van der Waals surface area contributed by atoms with Gasteiger partial charge >= 0.3 is 0 Å². The van der Waals surface area contributed by atoms with Gasteiger partial charge in [-0.1, -0.05) is 0 Å². The van der Waals surface area contributed by atoms with Gasteiger partial charge in [0.05, 0.1) is 10.5 Å². The quantitative estimate of drug-likeness (QED) is 0.659. The van der Waals surface area contributed by atoms with Crippen LogP contribution in [0.2, 0.25) is 0 Å². The Balaban J connectivity index is 2.95. The molecule has 0 heterocycles. The van der Waals surface area contributed by atoms with Gasteiger partial charge in [-0.25, -0.2) is 4.39 Å². The van der Waals surface area contributed by atoms with Crippen molar-refractivity contribution in [1.82, 2.24) is 10.2 Å². The lowest BCUT2D eigenvalue weighted by Crippen LogP contribution is -2.38. The van der Waals surface area contributed by atoms with E-state index >= 15 is 0 Å². The number of nitro groups is 1. The van der Waals surface area contributed by atoms with Crippen molar-refractivity contribution in [1.29, 1.82) is 0 Å². The summed E-state index contributed by atoms with van der Waals surface area (Å²) in [5.41, 5.74) is -0.526. The lowest BCUT2D eigenvalue weighted by molar-refractivity contribution is -0.385. The highest BCUT2D eigenvalue weighted by atomic mass is 19.1. The molecule has 1 aromatic carbocycles. The number of aryl methyl sites for hydroxylation is 1. The molecule has 0 fully saturated rings. The Morgan fingerprint density at radius 1 is 1.50 bits per heavy atom. The third kappa shape index (κ3) is 3.74. The predicted octanol–water partition coefficient (Wildman–Crippen LogP) is 1.72. The molecule has 0 radical (unpaired) electrons. The van der Waals surface area contributed by atoms with Gasteiger partial charge in [-0.05, 0) is 33.5 Å². The minimum atomic E-state index is -0.731. The van der Waals surface area contributed by atoms with Crippen molar-refractivity contribution < 1.29 is 14.1 Å². The molecule has 0 aliphatic carbocycles. The molecule has 0 aliphatic heterocycles. The summed E-state index contributed by atoms with van der Waals surface area (Å²) < 4.78 is 13.9. The van der Waals surface area contributed by atoms with E-state index in [0.717, 1.165) is 12.1 Å². The average Bonchev–Trinajstić information content (AvgIpc) is 2.37. The summed E-state index contributed by atoms with van der Waals surface area (Å²) in [6, 6.07) is 2.13. The van der Waals surface area contributed by atoms with E-state index in [1.807, 2.05) is 25.9 Å². The van der Waals surface area contributed by atoms with Crippen molar-refractivity contribution in [3.05, 3.63) is 39.2 Å². The minimum Gasteiger partial charge on any atom is -0.350 e. The van der Waals surface area contributed by atoms with Gasteiger partial charge in [-0.15, -0.1) is 0 Å². The molecule has 0 aromatic heterocycles. The van der Waals surface area contributed by atoms with Crippen LogP contribution < -0.4 is 5.32 Å². The molecule has 7 heteroatoms. The molecule has 0 saturated carbocycles. The van der Waals surface area contributed by atoms with Crippen LogP contribution in [0.25, 0.3) is 0 Å². The number of rotatable bonds is 5. The van der Waals surface area contributed by atoms with Crippen LogP contribution in [-0.2, 0) is 0 Å². The Morgan fingerprint density at radius 3 is 2.60 bits per heavy atom. The lowest BCUT2D eigenvalue weighted by Gasteiger charge is -2.20. The molecular formula is C13H18FN3O3. The third-order valence-corrected chi connectivity index (χ3v) is 3.13. The summed E-state index contributed by atoms with van der Waals surface area (Å²) in [6.07, 6.45) is 0. The number of carbonyl (C=O) groups is 1. The van der Waals surface area contributed by atoms with E-state index in [0.29, 0.717) is 6.54 Å². The van der Waals surface area contributed by atoms with Crippen LogP contribution in [0.5, 0.6) is 0 Å². The van der Waals surface area contributed by atoms with Crippen LogP contribution in [0.3, 0.4) is 0 Å². The maximum Gasteiger partial charge on any atom is 0.270 e. The molecule has 0 aliphatic rings. The number of nitro benzene ring substituents is 1. The second-order valence-corrected chi connectivity index (χ2v) is 4.90. The predicted molar refractivity (Wildman–Crippen MR) is 73.3 cm³/mol. The summed E-state index contributed by atoms with van der Waals surface area (Å²) in [5, 5.41) is 13.3. The molecular weight excluding hydrogens is 265 g/mol. The molecule has 1 atom stereocenters. The van der Waals surface area contributed by atoms with Crippen molar-refractivity contribution in [2.75, 3.05) is 20.6 Å². The van der Waals surface area contributed by atoms with Gasteiger partial charge in [0.15, 0.2) is 0 Å². The van der Waals surface area contributed by atoms with Crippen LogP contribution in [0.4, 0.5) is 10.1 Å². The standard InChI is InChI=1S/C13H18FN3O3/c1-8-5-10(17(19)20)6-11(12(8)14)13(18)15-7-9(2)16(3)4/h5-6,9H,7H2,1-4H3,(H,15,18). The molecule has 1 rings (SSSR count). The van der Waals surface area contributed by atoms with Gasteiger partial charge in [0.25, 0.3) is 11.6 Å². The van der Waals surface area contributed by atoms with Gasteiger partial charge < -0.3 is 10.2 Å². The van der Waals surface area contributed by atoms with Gasteiger partial charge in [0.1, 0.15) is 5.82 Å². The zero-order valence-corrected chi connectivity index (χ0v) is 11.9. The second kappa shape index (κ2) is 6.42. The van der Waals surface area contributed by atoms with E-state index in [9.17, 15) is 19.3 Å². The fraction of sp³-hybridized carbons (Fsp3) is 0.462. The molecule has 1 N–H and O–H groups in total. The molecule has 0 spiro atoms. The SMILES string of the molecule is Cc1cc([N+](=O)[O-])cc(C(=O)NCC(C)N(C)C)c1F. The average molecular weight is 283 g/mol. The smallest absolute Gasteiger partial charge is 0.270 e. The first-order chi connectivity index (χ1) is 9.23. The summed E-state index contributed by atoms with van der Waals surface area (Å²) in [7, 11) is 3.71. The van der Waals surface area contributed by atoms with Crippen LogP contribution in [0.15, 0.2) is 12.1 Å². The Morgan fingerprint density at radius 2 is 2.10 bits per heavy atom. The molecule has 0 bridgehead atoms.